The average Bonchev–Trinajstić information content (AvgIpc) is 3.92. The number of hydrogen-bond donors (Lipinski definition) is 0. The smallest absolute Gasteiger partial charge is 0.0713 e. The van der Waals surface area contributed by atoms with Gasteiger partial charge in [0.2, 0.25) is 0 Å². The molecule has 0 aliphatic heterocycles. The molecule has 0 unspecified atom stereocenters. The van der Waals surface area contributed by atoms with Gasteiger partial charge in [-0.25, -0.2) is 0 Å². The molecular weight excluding hydrogens is 833 g/mol. The predicted molar refractivity (Wildman–Crippen MR) is 289 cm³/mol. The van der Waals surface area contributed by atoms with Gasteiger partial charge in [0.15, 0.2) is 0 Å². The molecule has 1 aliphatic rings. The van der Waals surface area contributed by atoms with E-state index in [1.165, 1.54) is 83.0 Å². The van der Waals surface area contributed by atoms with Gasteiger partial charge >= 0.3 is 0 Å². The van der Waals surface area contributed by atoms with Crippen LogP contribution in [-0.2, 0) is 5.41 Å². The third-order valence-electron chi connectivity index (χ3n) is 14.3. The monoisotopic (exact) mass is 878 g/mol. The average molecular weight is 879 g/mol. The number of rotatable bonds is 9. The van der Waals surface area contributed by atoms with E-state index in [2.05, 4.69) is 289 Å². The lowest BCUT2D eigenvalue weighted by Gasteiger charge is -2.33. The van der Waals surface area contributed by atoms with Gasteiger partial charge in [-0.2, -0.15) is 0 Å². The van der Waals surface area contributed by atoms with Crippen molar-refractivity contribution in [2.45, 2.75) is 5.41 Å². The van der Waals surface area contributed by atoms with Gasteiger partial charge in [-0.3, -0.25) is 0 Å². The quantitative estimate of drug-likeness (QED) is 0.140. The van der Waals surface area contributed by atoms with Crippen LogP contribution in [0.4, 0.5) is 17.1 Å². The molecule has 11 aromatic carbocycles. The van der Waals surface area contributed by atoms with E-state index in [1.807, 2.05) is 0 Å². The van der Waals surface area contributed by atoms with Gasteiger partial charge in [0.1, 0.15) is 0 Å². The second kappa shape index (κ2) is 16.7. The standard InChI is InChI=1S/C67H46N2/c1-5-20-47(21-6-1)48-36-39-54(40-37-48)68(53-27-11-4-12-28-53)55-29-19-22-49(44-55)57-30-13-14-31-58(57)50-38-42-61-60-33-16-18-35-65(60)69(66(61)45-50)56-41-43-64-62(46-56)59-32-15-17-34-63(59)67(64,51-23-7-2-8-24-51)52-25-9-3-10-26-52/h1-46H. The molecular formula is C67H46N2. The highest BCUT2D eigenvalue weighted by Crippen LogP contribution is 2.56. The Hall–Kier alpha value is -8.98. The van der Waals surface area contributed by atoms with E-state index in [0.717, 1.165) is 28.3 Å². The van der Waals surface area contributed by atoms with Crippen molar-refractivity contribution < 1.29 is 0 Å². The summed E-state index contributed by atoms with van der Waals surface area (Å²) in [5.74, 6) is 0. The number of para-hydroxylation sites is 2. The molecule has 1 aromatic heterocycles. The van der Waals surface area contributed by atoms with E-state index in [9.17, 15) is 0 Å². The third-order valence-corrected chi connectivity index (χ3v) is 14.3. The molecule has 0 fully saturated rings. The fourth-order valence-electron chi connectivity index (χ4n) is 11.2. The summed E-state index contributed by atoms with van der Waals surface area (Å²) in [5.41, 5.74) is 21.1. The molecule has 0 spiro atoms. The maximum Gasteiger partial charge on any atom is 0.0713 e. The Labute approximate surface area is 403 Å². The van der Waals surface area contributed by atoms with Crippen LogP contribution in [0.3, 0.4) is 0 Å². The summed E-state index contributed by atoms with van der Waals surface area (Å²) in [7, 11) is 0. The molecule has 0 bridgehead atoms. The van der Waals surface area contributed by atoms with Gasteiger partial charge in [0.05, 0.1) is 16.4 Å². The Bertz CT molecular complexity index is 3780. The van der Waals surface area contributed by atoms with Gasteiger partial charge in [-0.1, -0.05) is 218 Å². The zero-order chi connectivity index (χ0) is 45.7. The molecule has 0 radical (unpaired) electrons. The number of aromatic nitrogens is 1. The number of hydrogen-bond acceptors (Lipinski definition) is 1. The highest BCUT2D eigenvalue weighted by Gasteiger charge is 2.46. The lowest BCUT2D eigenvalue weighted by Crippen LogP contribution is -2.28. The maximum atomic E-state index is 2.48. The number of fused-ring (bicyclic) bond motifs is 6. The molecule has 0 saturated carbocycles. The second-order valence-electron chi connectivity index (χ2n) is 18.0. The zero-order valence-electron chi connectivity index (χ0n) is 38.0. The second-order valence-corrected chi connectivity index (χ2v) is 18.0. The van der Waals surface area contributed by atoms with E-state index in [0.29, 0.717) is 0 Å². The number of benzene rings is 11. The maximum absolute atomic E-state index is 2.48. The molecule has 2 nitrogen and oxygen atoms in total. The number of anilines is 3. The van der Waals surface area contributed by atoms with Crippen molar-refractivity contribution in [1.82, 2.24) is 4.57 Å². The van der Waals surface area contributed by atoms with Crippen molar-refractivity contribution in [2.24, 2.45) is 0 Å². The Balaban J connectivity index is 0.944. The minimum Gasteiger partial charge on any atom is -0.310 e. The van der Waals surface area contributed by atoms with Crippen LogP contribution in [0, 0.1) is 0 Å². The van der Waals surface area contributed by atoms with Crippen molar-refractivity contribution in [3.05, 3.63) is 301 Å². The van der Waals surface area contributed by atoms with Crippen molar-refractivity contribution >= 4 is 38.9 Å². The fourth-order valence-corrected chi connectivity index (χ4v) is 11.2. The summed E-state index contributed by atoms with van der Waals surface area (Å²) >= 11 is 0. The van der Waals surface area contributed by atoms with Crippen LogP contribution >= 0.6 is 0 Å². The van der Waals surface area contributed by atoms with Crippen LogP contribution in [0.5, 0.6) is 0 Å². The van der Waals surface area contributed by atoms with Crippen LogP contribution in [0.2, 0.25) is 0 Å². The molecule has 1 aliphatic carbocycles. The first-order valence-electron chi connectivity index (χ1n) is 23.8. The SMILES string of the molecule is c1ccc(-c2ccc(N(c3ccccc3)c3cccc(-c4ccccc4-c4ccc5c6ccccc6n(-c6ccc7c(c6)-c6ccccc6C7(c6ccccc6)c6ccccc6)c5c4)c3)cc2)cc1. The molecule has 13 rings (SSSR count). The first-order chi connectivity index (χ1) is 34.2. The topological polar surface area (TPSA) is 8.17 Å². The zero-order valence-corrected chi connectivity index (χ0v) is 38.0. The summed E-state index contributed by atoms with van der Waals surface area (Å²) < 4.78 is 2.48. The normalized spacial score (nSPS) is 12.5. The molecule has 0 amide bonds. The van der Waals surface area contributed by atoms with Gasteiger partial charge in [0, 0.05) is 33.5 Å². The lowest BCUT2D eigenvalue weighted by molar-refractivity contribution is 0.768. The molecule has 0 N–H and O–H groups in total. The Morgan fingerprint density at radius 2 is 0.768 bits per heavy atom. The molecule has 69 heavy (non-hydrogen) atoms. The van der Waals surface area contributed by atoms with Gasteiger partial charge in [-0.15, -0.1) is 0 Å². The lowest BCUT2D eigenvalue weighted by atomic mass is 9.68. The van der Waals surface area contributed by atoms with Crippen molar-refractivity contribution in [3.8, 4) is 50.2 Å². The van der Waals surface area contributed by atoms with E-state index >= 15 is 0 Å². The van der Waals surface area contributed by atoms with Crippen LogP contribution in [0.25, 0.3) is 72.0 Å². The molecule has 0 atom stereocenters. The Morgan fingerprint density at radius 3 is 1.48 bits per heavy atom. The Morgan fingerprint density at radius 1 is 0.275 bits per heavy atom. The summed E-state index contributed by atoms with van der Waals surface area (Å²) in [6.07, 6.45) is 0. The van der Waals surface area contributed by atoms with Crippen LogP contribution in [0.15, 0.2) is 279 Å². The molecule has 1 heterocycles. The van der Waals surface area contributed by atoms with Gasteiger partial charge in [0.25, 0.3) is 0 Å². The van der Waals surface area contributed by atoms with Crippen molar-refractivity contribution in [2.75, 3.05) is 4.90 Å². The summed E-state index contributed by atoms with van der Waals surface area (Å²) in [4.78, 5) is 2.35. The van der Waals surface area contributed by atoms with Gasteiger partial charge < -0.3 is 9.47 Å². The van der Waals surface area contributed by atoms with Crippen LogP contribution in [0.1, 0.15) is 22.3 Å². The summed E-state index contributed by atoms with van der Waals surface area (Å²) in [6, 6.07) is 102. The van der Waals surface area contributed by atoms with Gasteiger partial charge in [-0.05, 0) is 127 Å². The number of nitrogens with zero attached hydrogens (tertiary/aromatic N) is 2. The van der Waals surface area contributed by atoms with E-state index in [4.69, 9.17) is 0 Å². The molecule has 12 aromatic rings. The Kier molecular flexibility index (Phi) is 9.77. The summed E-state index contributed by atoms with van der Waals surface area (Å²) in [6.45, 7) is 0. The largest absolute Gasteiger partial charge is 0.310 e. The van der Waals surface area contributed by atoms with Crippen LogP contribution < -0.4 is 4.90 Å². The molecule has 2 heteroatoms. The highest BCUT2D eigenvalue weighted by molar-refractivity contribution is 6.10. The summed E-state index contributed by atoms with van der Waals surface area (Å²) in [5, 5.41) is 2.47. The van der Waals surface area contributed by atoms with E-state index in [1.54, 1.807) is 0 Å². The predicted octanol–water partition coefficient (Wildman–Crippen LogP) is 17.6. The fraction of sp³-hybridized carbons (Fsp3) is 0.0149. The highest BCUT2D eigenvalue weighted by atomic mass is 15.1. The minimum atomic E-state index is -0.451. The third kappa shape index (κ3) is 6.64. The minimum absolute atomic E-state index is 0.451. The van der Waals surface area contributed by atoms with E-state index in [-0.39, 0.29) is 0 Å². The first-order valence-corrected chi connectivity index (χ1v) is 23.8. The first kappa shape index (κ1) is 40.3. The van der Waals surface area contributed by atoms with Crippen molar-refractivity contribution in [3.63, 3.8) is 0 Å². The van der Waals surface area contributed by atoms with Crippen LogP contribution in [-0.4, -0.2) is 4.57 Å². The molecule has 0 saturated heterocycles. The van der Waals surface area contributed by atoms with Crippen molar-refractivity contribution in [1.29, 1.82) is 0 Å². The van der Waals surface area contributed by atoms with E-state index < -0.39 is 5.41 Å². The molecule has 324 valence electrons.